The molecular formula is C25H40O5. The van der Waals surface area contributed by atoms with Gasteiger partial charge in [-0.05, 0) is 92.8 Å². The molecule has 0 aromatic carbocycles. The van der Waals surface area contributed by atoms with Crippen molar-refractivity contribution in [2.24, 2.45) is 39.9 Å². The van der Waals surface area contributed by atoms with Crippen LogP contribution in [0.1, 0.15) is 91.9 Å². The highest BCUT2D eigenvalue weighted by Crippen LogP contribution is 2.72. The van der Waals surface area contributed by atoms with Gasteiger partial charge in [0, 0.05) is 6.42 Å². The van der Waals surface area contributed by atoms with Crippen molar-refractivity contribution in [2.45, 2.75) is 97.5 Å². The quantitative estimate of drug-likeness (QED) is 0.624. The number of ether oxygens (including phenoxy) is 1. The highest BCUT2D eigenvalue weighted by Gasteiger charge is 2.68. The van der Waals surface area contributed by atoms with E-state index in [-0.39, 0.29) is 41.2 Å². The molecule has 5 nitrogen and oxygen atoms in total. The van der Waals surface area contributed by atoms with Crippen molar-refractivity contribution < 1.29 is 24.5 Å². The standard InChI is InChI=1S/C25H40O5/c1-16(2)12-20(26)30-15-25(29)14-24-11-8-18-22(3,19(24)7-6-17(25)13-24)9-5-10-23(18,4)21(27)28/h16-19,29H,5-15H2,1-4H3,(H,27,28)/t17-,18+,19+,22-,23-,24+,25+/m1/s1. The smallest absolute Gasteiger partial charge is 0.309 e. The Bertz CT molecular complexity index is 718. The van der Waals surface area contributed by atoms with Gasteiger partial charge < -0.3 is 14.9 Å². The van der Waals surface area contributed by atoms with Crippen LogP contribution in [0, 0.1) is 39.9 Å². The van der Waals surface area contributed by atoms with Crippen LogP contribution in [0.3, 0.4) is 0 Å². The molecule has 0 heterocycles. The average molecular weight is 421 g/mol. The summed E-state index contributed by atoms with van der Waals surface area (Å²) in [5.41, 5.74) is -1.46. The van der Waals surface area contributed by atoms with Crippen molar-refractivity contribution >= 4 is 11.9 Å². The van der Waals surface area contributed by atoms with E-state index in [0.29, 0.717) is 18.8 Å². The monoisotopic (exact) mass is 420 g/mol. The minimum Gasteiger partial charge on any atom is -0.481 e. The summed E-state index contributed by atoms with van der Waals surface area (Å²) in [6, 6.07) is 0. The van der Waals surface area contributed by atoms with Crippen LogP contribution in [0.2, 0.25) is 0 Å². The summed E-state index contributed by atoms with van der Waals surface area (Å²) in [7, 11) is 0. The van der Waals surface area contributed by atoms with Crippen LogP contribution in [0.25, 0.3) is 0 Å². The second-order valence-corrected chi connectivity index (χ2v) is 12.1. The maximum absolute atomic E-state index is 12.2. The molecule has 5 heteroatoms. The molecule has 2 bridgehead atoms. The Hall–Kier alpha value is -1.10. The minimum absolute atomic E-state index is 0.0220. The van der Waals surface area contributed by atoms with Gasteiger partial charge in [-0.1, -0.05) is 27.2 Å². The first-order valence-corrected chi connectivity index (χ1v) is 12.1. The van der Waals surface area contributed by atoms with Crippen LogP contribution < -0.4 is 0 Å². The Balaban J connectivity index is 1.55. The van der Waals surface area contributed by atoms with Crippen LogP contribution in [0.5, 0.6) is 0 Å². The Morgan fingerprint density at radius 3 is 2.47 bits per heavy atom. The lowest BCUT2D eigenvalue weighted by Crippen LogP contribution is -2.58. The van der Waals surface area contributed by atoms with Crippen LogP contribution in [0.4, 0.5) is 0 Å². The number of fused-ring (bicyclic) bond motifs is 3. The predicted octanol–water partition coefficient (Wildman–Crippen LogP) is 4.80. The van der Waals surface area contributed by atoms with Gasteiger partial charge >= 0.3 is 11.9 Å². The lowest BCUT2D eigenvalue weighted by molar-refractivity contribution is -0.181. The lowest BCUT2D eigenvalue weighted by Gasteiger charge is -2.63. The highest BCUT2D eigenvalue weighted by atomic mass is 16.5. The highest BCUT2D eigenvalue weighted by molar-refractivity contribution is 5.75. The zero-order chi connectivity index (χ0) is 21.9. The van der Waals surface area contributed by atoms with Gasteiger partial charge in [0.25, 0.3) is 0 Å². The fraction of sp³-hybridized carbons (Fsp3) is 0.920. The van der Waals surface area contributed by atoms with E-state index >= 15 is 0 Å². The van der Waals surface area contributed by atoms with E-state index in [1.54, 1.807) is 0 Å². The Labute approximate surface area is 180 Å². The molecule has 4 saturated carbocycles. The Morgan fingerprint density at radius 1 is 1.07 bits per heavy atom. The van der Waals surface area contributed by atoms with Crippen molar-refractivity contribution in [3.63, 3.8) is 0 Å². The number of hydrogen-bond acceptors (Lipinski definition) is 4. The van der Waals surface area contributed by atoms with E-state index in [2.05, 4.69) is 6.92 Å². The Morgan fingerprint density at radius 2 is 1.80 bits per heavy atom. The van der Waals surface area contributed by atoms with Crippen molar-refractivity contribution in [2.75, 3.05) is 6.61 Å². The minimum atomic E-state index is -0.921. The first kappa shape index (κ1) is 22.1. The molecule has 30 heavy (non-hydrogen) atoms. The third-order valence-electron chi connectivity index (χ3n) is 9.86. The van der Waals surface area contributed by atoms with Crippen LogP contribution in [0.15, 0.2) is 0 Å². The predicted molar refractivity (Wildman–Crippen MR) is 114 cm³/mol. The molecule has 7 atom stereocenters. The van der Waals surface area contributed by atoms with Crippen LogP contribution in [-0.4, -0.2) is 34.4 Å². The molecular weight excluding hydrogens is 380 g/mol. The van der Waals surface area contributed by atoms with Gasteiger partial charge in [-0.3, -0.25) is 9.59 Å². The van der Waals surface area contributed by atoms with Crippen LogP contribution in [-0.2, 0) is 14.3 Å². The number of carboxylic acid groups (broad SMARTS) is 1. The summed E-state index contributed by atoms with van der Waals surface area (Å²) in [5.74, 6) is 0.260. The number of carbonyl (C=O) groups excluding carboxylic acids is 1. The number of rotatable bonds is 5. The van der Waals surface area contributed by atoms with Crippen molar-refractivity contribution in [3.05, 3.63) is 0 Å². The molecule has 4 aliphatic carbocycles. The largest absolute Gasteiger partial charge is 0.481 e. The fourth-order valence-corrected chi connectivity index (χ4v) is 8.64. The van der Waals surface area contributed by atoms with Gasteiger partial charge in [-0.15, -0.1) is 0 Å². The molecule has 0 aromatic heterocycles. The average Bonchev–Trinajstić information content (AvgIpc) is 2.85. The van der Waals surface area contributed by atoms with Gasteiger partial charge in [-0.25, -0.2) is 0 Å². The number of hydrogen-bond donors (Lipinski definition) is 2. The number of esters is 1. The summed E-state index contributed by atoms with van der Waals surface area (Å²) in [5, 5.41) is 21.6. The van der Waals surface area contributed by atoms with E-state index in [0.717, 1.165) is 51.4 Å². The number of aliphatic hydroxyl groups is 1. The molecule has 2 N–H and O–H groups in total. The molecule has 1 spiro atoms. The van der Waals surface area contributed by atoms with E-state index in [1.807, 2.05) is 20.8 Å². The Kier molecular flexibility index (Phi) is 5.32. The van der Waals surface area contributed by atoms with E-state index in [4.69, 9.17) is 4.74 Å². The molecule has 0 aliphatic heterocycles. The molecule has 0 amide bonds. The summed E-state index contributed by atoms with van der Waals surface area (Å²) in [4.78, 5) is 24.3. The van der Waals surface area contributed by atoms with Crippen molar-refractivity contribution in [3.8, 4) is 0 Å². The second-order valence-electron chi connectivity index (χ2n) is 12.1. The molecule has 4 rings (SSSR count). The fourth-order valence-electron chi connectivity index (χ4n) is 8.64. The summed E-state index contributed by atoms with van der Waals surface area (Å²) in [6.45, 7) is 8.43. The molecule has 4 fully saturated rings. The van der Waals surface area contributed by atoms with E-state index < -0.39 is 17.0 Å². The number of carboxylic acids is 1. The zero-order valence-corrected chi connectivity index (χ0v) is 19.2. The first-order chi connectivity index (χ1) is 14.0. The molecule has 0 radical (unpaired) electrons. The molecule has 170 valence electrons. The van der Waals surface area contributed by atoms with Crippen molar-refractivity contribution in [1.82, 2.24) is 0 Å². The molecule has 0 saturated heterocycles. The number of aliphatic carboxylic acids is 1. The van der Waals surface area contributed by atoms with Gasteiger partial charge in [0.05, 0.1) is 5.41 Å². The third-order valence-corrected chi connectivity index (χ3v) is 9.86. The van der Waals surface area contributed by atoms with E-state index in [9.17, 15) is 19.8 Å². The SMILES string of the molecule is CC(C)CC(=O)OC[C@@]1(O)C[C@@]23CC[C@H]4[C@@](C)(CCC[C@@]4(C)C(=O)O)[C@@H]2CC[C@@H]1C3. The molecule has 4 aliphatic rings. The van der Waals surface area contributed by atoms with E-state index in [1.165, 1.54) is 0 Å². The van der Waals surface area contributed by atoms with Gasteiger partial charge in [0.15, 0.2) is 0 Å². The molecule has 0 aromatic rings. The maximum Gasteiger partial charge on any atom is 0.309 e. The number of carbonyl (C=O) groups is 2. The van der Waals surface area contributed by atoms with Gasteiger partial charge in [0.2, 0.25) is 0 Å². The van der Waals surface area contributed by atoms with Crippen LogP contribution >= 0.6 is 0 Å². The topological polar surface area (TPSA) is 83.8 Å². The second kappa shape index (κ2) is 7.21. The normalized spacial score (nSPS) is 47.5. The molecule has 0 unspecified atom stereocenters. The zero-order valence-electron chi connectivity index (χ0n) is 19.2. The summed E-state index contributed by atoms with van der Waals surface area (Å²) >= 11 is 0. The lowest BCUT2D eigenvalue weighted by atomic mass is 9.41. The van der Waals surface area contributed by atoms with Gasteiger partial charge in [-0.2, -0.15) is 0 Å². The third kappa shape index (κ3) is 3.22. The summed E-state index contributed by atoms with van der Waals surface area (Å²) < 4.78 is 5.55. The first-order valence-electron chi connectivity index (χ1n) is 12.1. The van der Waals surface area contributed by atoms with Gasteiger partial charge in [0.1, 0.15) is 12.2 Å². The maximum atomic E-state index is 12.2. The van der Waals surface area contributed by atoms with Crippen molar-refractivity contribution in [1.29, 1.82) is 0 Å². The summed E-state index contributed by atoms with van der Waals surface area (Å²) in [6.07, 6.45) is 8.90.